The summed E-state index contributed by atoms with van der Waals surface area (Å²) in [5, 5.41) is 4.54. The van der Waals surface area contributed by atoms with Gasteiger partial charge in [0, 0.05) is 19.3 Å². The molecule has 0 aliphatic carbocycles. The Balaban J connectivity index is 1.72. The molecule has 3 amide bonds. The topological polar surface area (TPSA) is 140 Å². The number of carbonyl (C=O) groups is 4. The first-order valence-electron chi connectivity index (χ1n) is 9.90. The fraction of sp³-hybridized carbons (Fsp3) is 0.550. The second-order valence-electron chi connectivity index (χ2n) is 8.21. The summed E-state index contributed by atoms with van der Waals surface area (Å²) in [6, 6.07) is 0. The summed E-state index contributed by atoms with van der Waals surface area (Å²) in [5.41, 5.74) is 3.34. The number of imide groups is 1. The Kier molecular flexibility index (Phi) is 8.17. The molecule has 2 heterocycles. The van der Waals surface area contributed by atoms with Gasteiger partial charge in [-0.1, -0.05) is 20.8 Å². The predicted molar refractivity (Wildman–Crippen MR) is 108 cm³/mol. The van der Waals surface area contributed by atoms with Crippen LogP contribution < -0.4 is 10.2 Å². The third-order valence-electron chi connectivity index (χ3n) is 4.01. The molecule has 0 bridgehead atoms. The highest BCUT2D eigenvalue weighted by molar-refractivity contribution is 6.01. The molecular weight excluding hydrogens is 406 g/mol. The fourth-order valence-electron chi connectivity index (χ4n) is 2.50. The van der Waals surface area contributed by atoms with Crippen molar-refractivity contribution in [2.75, 3.05) is 6.61 Å². The lowest BCUT2D eigenvalue weighted by Gasteiger charge is -2.16. The summed E-state index contributed by atoms with van der Waals surface area (Å²) in [5.74, 6) is -1.65. The Morgan fingerprint density at radius 3 is 2.42 bits per heavy atom. The zero-order chi connectivity index (χ0) is 23.0. The van der Waals surface area contributed by atoms with Gasteiger partial charge >= 0.3 is 5.97 Å². The molecule has 0 aromatic carbocycles. The number of carbonyl (C=O) groups excluding carboxylic acids is 4. The Morgan fingerprint density at radius 2 is 1.84 bits per heavy atom. The highest BCUT2D eigenvalue weighted by Gasteiger charge is 2.32. The molecule has 31 heavy (non-hydrogen) atoms. The second-order valence-corrected chi connectivity index (χ2v) is 8.21. The van der Waals surface area contributed by atoms with E-state index in [1.807, 2.05) is 20.8 Å². The average Bonchev–Trinajstić information content (AvgIpc) is 3.00. The van der Waals surface area contributed by atoms with Crippen LogP contribution in [0.25, 0.3) is 0 Å². The van der Waals surface area contributed by atoms with Gasteiger partial charge in [-0.2, -0.15) is 5.10 Å². The molecule has 1 aromatic rings. The fourth-order valence-corrected chi connectivity index (χ4v) is 2.50. The van der Waals surface area contributed by atoms with Crippen LogP contribution in [0, 0.1) is 5.41 Å². The van der Waals surface area contributed by atoms with Crippen molar-refractivity contribution in [1.29, 1.82) is 0 Å². The summed E-state index contributed by atoms with van der Waals surface area (Å²) in [6.07, 6.45) is 3.60. The van der Waals surface area contributed by atoms with Crippen molar-refractivity contribution >= 4 is 29.4 Å². The van der Waals surface area contributed by atoms with E-state index in [1.54, 1.807) is 6.92 Å². The Labute approximate surface area is 180 Å². The molecule has 1 aromatic heterocycles. The van der Waals surface area contributed by atoms with Gasteiger partial charge in [0.2, 0.25) is 11.8 Å². The van der Waals surface area contributed by atoms with Crippen molar-refractivity contribution in [3.63, 3.8) is 0 Å². The van der Waals surface area contributed by atoms with Gasteiger partial charge in [-0.25, -0.2) is 20.2 Å². The average molecular weight is 433 g/mol. The maximum atomic E-state index is 11.8. The highest BCUT2D eigenvalue weighted by atomic mass is 16.7. The van der Waals surface area contributed by atoms with E-state index in [-0.39, 0.29) is 43.1 Å². The van der Waals surface area contributed by atoms with Gasteiger partial charge in [0.05, 0.1) is 31.1 Å². The summed E-state index contributed by atoms with van der Waals surface area (Å²) in [7, 11) is 0. The van der Waals surface area contributed by atoms with E-state index in [2.05, 4.69) is 20.5 Å². The maximum absolute atomic E-state index is 11.8. The van der Waals surface area contributed by atoms with Crippen LogP contribution in [0.2, 0.25) is 0 Å². The lowest BCUT2D eigenvalue weighted by molar-refractivity contribution is -0.197. The molecule has 0 radical (unpaired) electrons. The molecule has 1 aliphatic rings. The number of hydrogen-bond donors (Lipinski definition) is 1. The molecule has 2 rings (SSSR count). The lowest BCUT2D eigenvalue weighted by atomic mass is 9.92. The SMILES string of the molecule is C/C(=N/NC(=O)CC(C)(C)C)c1cnc(OCCCC(=O)ON2C(=O)CCC2=O)cn1. The summed E-state index contributed by atoms with van der Waals surface area (Å²) in [4.78, 5) is 59.4. The molecule has 0 atom stereocenters. The van der Waals surface area contributed by atoms with Gasteiger partial charge in [-0.3, -0.25) is 14.4 Å². The number of nitrogens with zero attached hydrogens (tertiary/aromatic N) is 4. The van der Waals surface area contributed by atoms with Gasteiger partial charge < -0.3 is 9.57 Å². The maximum Gasteiger partial charge on any atom is 0.333 e. The Bertz CT molecular complexity index is 844. The van der Waals surface area contributed by atoms with Gasteiger partial charge in [0.25, 0.3) is 11.8 Å². The van der Waals surface area contributed by atoms with Gasteiger partial charge in [0.1, 0.15) is 5.69 Å². The van der Waals surface area contributed by atoms with Crippen LogP contribution in [0.3, 0.4) is 0 Å². The van der Waals surface area contributed by atoms with E-state index < -0.39 is 17.8 Å². The Morgan fingerprint density at radius 1 is 1.16 bits per heavy atom. The highest BCUT2D eigenvalue weighted by Crippen LogP contribution is 2.17. The number of ether oxygens (including phenoxy) is 1. The molecule has 1 fully saturated rings. The van der Waals surface area contributed by atoms with Crippen molar-refractivity contribution in [1.82, 2.24) is 20.5 Å². The second kappa shape index (κ2) is 10.6. The monoisotopic (exact) mass is 433 g/mol. The van der Waals surface area contributed by atoms with Crippen LogP contribution in [0.5, 0.6) is 5.88 Å². The van der Waals surface area contributed by atoms with Gasteiger partial charge in [-0.15, -0.1) is 5.06 Å². The molecule has 168 valence electrons. The Hall–Kier alpha value is -3.37. The first kappa shape index (κ1) is 23.9. The zero-order valence-electron chi connectivity index (χ0n) is 18.1. The van der Waals surface area contributed by atoms with Gasteiger partial charge in [-0.05, 0) is 18.8 Å². The number of nitrogens with one attached hydrogen (secondary N) is 1. The van der Waals surface area contributed by atoms with Crippen LogP contribution >= 0.6 is 0 Å². The van der Waals surface area contributed by atoms with Crippen molar-refractivity contribution in [2.45, 2.75) is 59.8 Å². The summed E-state index contributed by atoms with van der Waals surface area (Å²) < 4.78 is 5.42. The van der Waals surface area contributed by atoms with Crippen LogP contribution in [-0.4, -0.2) is 51.0 Å². The molecule has 11 heteroatoms. The van der Waals surface area contributed by atoms with Crippen molar-refractivity contribution < 1.29 is 28.8 Å². The number of hydrazone groups is 1. The summed E-state index contributed by atoms with van der Waals surface area (Å²) in [6.45, 7) is 7.76. The van der Waals surface area contributed by atoms with E-state index in [9.17, 15) is 19.2 Å². The number of hydroxylamine groups is 2. The van der Waals surface area contributed by atoms with Crippen LogP contribution in [0.15, 0.2) is 17.5 Å². The van der Waals surface area contributed by atoms with Crippen molar-refractivity contribution in [3.05, 3.63) is 18.1 Å². The minimum Gasteiger partial charge on any atom is -0.477 e. The van der Waals surface area contributed by atoms with Crippen LogP contribution in [0.1, 0.15) is 65.5 Å². The standard InChI is InChI=1S/C20H27N5O6/c1-13(23-24-15(26)10-20(2,3)4)14-11-22-16(12-21-14)30-9-5-6-19(29)31-25-17(27)7-8-18(25)28/h11-12H,5-10H2,1-4H3,(H,24,26)/b23-13-. The van der Waals surface area contributed by atoms with E-state index >= 15 is 0 Å². The molecule has 11 nitrogen and oxygen atoms in total. The van der Waals surface area contributed by atoms with E-state index in [4.69, 9.17) is 9.57 Å². The molecule has 0 saturated carbocycles. The lowest BCUT2D eigenvalue weighted by Crippen LogP contribution is -2.32. The molecule has 0 unspecified atom stereocenters. The molecule has 0 spiro atoms. The quantitative estimate of drug-likeness (QED) is 0.267. The molecule has 1 N–H and O–H groups in total. The number of aromatic nitrogens is 2. The minimum atomic E-state index is -0.686. The van der Waals surface area contributed by atoms with Crippen molar-refractivity contribution in [3.8, 4) is 5.88 Å². The summed E-state index contributed by atoms with van der Waals surface area (Å²) >= 11 is 0. The molecule has 1 saturated heterocycles. The van der Waals surface area contributed by atoms with E-state index in [1.165, 1.54) is 12.4 Å². The number of amides is 3. The van der Waals surface area contributed by atoms with Gasteiger partial charge in [0.15, 0.2) is 0 Å². The third-order valence-corrected chi connectivity index (χ3v) is 4.01. The largest absolute Gasteiger partial charge is 0.477 e. The first-order chi connectivity index (χ1) is 14.5. The smallest absolute Gasteiger partial charge is 0.333 e. The molecule has 1 aliphatic heterocycles. The van der Waals surface area contributed by atoms with Crippen LogP contribution in [-0.2, 0) is 24.0 Å². The number of rotatable bonds is 9. The number of hydrogen-bond acceptors (Lipinski definition) is 9. The molecular formula is C20H27N5O6. The van der Waals surface area contributed by atoms with Crippen molar-refractivity contribution in [2.24, 2.45) is 10.5 Å². The van der Waals surface area contributed by atoms with Crippen LogP contribution in [0.4, 0.5) is 0 Å². The van der Waals surface area contributed by atoms with E-state index in [0.29, 0.717) is 29.3 Å². The van der Waals surface area contributed by atoms with E-state index in [0.717, 1.165) is 0 Å². The first-order valence-corrected chi connectivity index (χ1v) is 9.90. The zero-order valence-corrected chi connectivity index (χ0v) is 18.1. The normalized spacial score (nSPS) is 14.6. The third kappa shape index (κ3) is 8.11. The predicted octanol–water partition coefficient (Wildman–Crippen LogP) is 1.52. The minimum absolute atomic E-state index is 0.0252.